The molecule has 1 atom stereocenters. The van der Waals surface area contributed by atoms with Crippen LogP contribution in [0.25, 0.3) is 5.82 Å². The van der Waals surface area contributed by atoms with Gasteiger partial charge in [0.25, 0.3) is 0 Å². The van der Waals surface area contributed by atoms with Crippen LogP contribution in [0, 0.1) is 6.92 Å². The molecule has 0 fully saturated rings. The van der Waals surface area contributed by atoms with E-state index in [0.29, 0.717) is 24.7 Å². The number of hydrogen-bond donors (Lipinski definition) is 1. The lowest BCUT2D eigenvalue weighted by Gasteiger charge is -2.25. The molecular formula is C19H19N5O2. The van der Waals surface area contributed by atoms with Gasteiger partial charge in [-0.15, -0.1) is 5.10 Å². The number of anilines is 1. The number of benzene rings is 1. The molecule has 1 aliphatic rings. The molecule has 1 N–H and O–H groups in total. The second kappa shape index (κ2) is 6.95. The summed E-state index contributed by atoms with van der Waals surface area (Å²) in [5.74, 6) is 2.10. The largest absolute Gasteiger partial charge is 0.493 e. The maximum absolute atomic E-state index is 12.6. The number of nitrogens with one attached hydrogen (secondary N) is 1. The van der Waals surface area contributed by atoms with Gasteiger partial charge in [-0.25, -0.2) is 0 Å². The van der Waals surface area contributed by atoms with Gasteiger partial charge in [0.15, 0.2) is 5.82 Å². The quantitative estimate of drug-likeness (QED) is 0.783. The van der Waals surface area contributed by atoms with Crippen LogP contribution in [0.1, 0.15) is 30.0 Å². The van der Waals surface area contributed by atoms with Crippen molar-refractivity contribution in [1.29, 1.82) is 0 Å². The van der Waals surface area contributed by atoms with E-state index in [1.54, 1.807) is 16.9 Å². The summed E-state index contributed by atoms with van der Waals surface area (Å²) in [6.07, 6.45) is 2.85. The summed E-state index contributed by atoms with van der Waals surface area (Å²) >= 11 is 0. The van der Waals surface area contributed by atoms with Crippen molar-refractivity contribution in [2.75, 3.05) is 11.9 Å². The van der Waals surface area contributed by atoms with Crippen LogP contribution >= 0.6 is 0 Å². The van der Waals surface area contributed by atoms with Crippen LogP contribution in [0.5, 0.6) is 5.75 Å². The van der Waals surface area contributed by atoms with Crippen LogP contribution in [0.15, 0.2) is 48.7 Å². The zero-order valence-corrected chi connectivity index (χ0v) is 14.4. The molecule has 26 heavy (non-hydrogen) atoms. The van der Waals surface area contributed by atoms with Crippen LogP contribution < -0.4 is 10.1 Å². The molecule has 7 nitrogen and oxygen atoms in total. The number of nitrogens with zero attached hydrogens (tertiary/aromatic N) is 4. The molecule has 2 aromatic heterocycles. The topological polar surface area (TPSA) is 81.9 Å². The molecular weight excluding hydrogens is 330 g/mol. The minimum atomic E-state index is -0.0616. The SMILES string of the molecule is Cc1ccc(-n2nccc2NC(=O)CC2CCOc3ccccc32)nn1. The summed E-state index contributed by atoms with van der Waals surface area (Å²) in [7, 11) is 0. The molecule has 0 radical (unpaired) electrons. The monoisotopic (exact) mass is 349 g/mol. The van der Waals surface area contributed by atoms with Crippen molar-refractivity contribution in [3.05, 3.63) is 59.9 Å². The molecule has 7 heteroatoms. The average Bonchev–Trinajstić information content (AvgIpc) is 3.10. The van der Waals surface area contributed by atoms with Gasteiger partial charge in [-0.1, -0.05) is 18.2 Å². The number of amides is 1. The highest BCUT2D eigenvalue weighted by Crippen LogP contribution is 2.35. The summed E-state index contributed by atoms with van der Waals surface area (Å²) in [5.41, 5.74) is 1.91. The number of rotatable bonds is 4. The molecule has 3 heterocycles. The fourth-order valence-corrected chi connectivity index (χ4v) is 3.13. The first-order chi connectivity index (χ1) is 12.7. The van der Waals surface area contributed by atoms with Crippen LogP contribution in [-0.2, 0) is 4.79 Å². The average molecular weight is 349 g/mol. The summed E-state index contributed by atoms with van der Waals surface area (Å²) in [4.78, 5) is 12.6. The van der Waals surface area contributed by atoms with Gasteiger partial charge in [-0.3, -0.25) is 4.79 Å². The maximum atomic E-state index is 12.6. The standard InChI is InChI=1S/C19H19N5O2/c1-13-6-7-18(23-22-13)24-17(8-10-20-24)21-19(25)12-14-9-11-26-16-5-3-2-4-15(14)16/h2-8,10,14H,9,11-12H2,1H3,(H,21,25). The Hall–Kier alpha value is -3.22. The number of fused-ring (bicyclic) bond motifs is 1. The van der Waals surface area contributed by atoms with Crippen LogP contribution in [-0.4, -0.2) is 32.5 Å². The first-order valence-corrected chi connectivity index (χ1v) is 8.57. The Labute approximate surface area is 151 Å². The van der Waals surface area contributed by atoms with Gasteiger partial charge in [0, 0.05) is 12.5 Å². The van der Waals surface area contributed by atoms with E-state index in [2.05, 4.69) is 20.6 Å². The van der Waals surface area contributed by atoms with Crippen LogP contribution in [0.2, 0.25) is 0 Å². The third-order valence-corrected chi connectivity index (χ3v) is 4.43. The summed E-state index contributed by atoms with van der Waals surface area (Å²) in [6.45, 7) is 2.50. The van der Waals surface area contributed by atoms with Crippen molar-refractivity contribution >= 4 is 11.7 Å². The summed E-state index contributed by atoms with van der Waals surface area (Å²) in [5, 5.41) is 15.3. The molecule has 0 saturated carbocycles. The predicted octanol–water partition coefficient (Wildman–Crippen LogP) is 2.87. The van der Waals surface area contributed by atoms with E-state index in [-0.39, 0.29) is 11.8 Å². The first-order valence-electron chi connectivity index (χ1n) is 8.57. The molecule has 1 amide bonds. The minimum absolute atomic E-state index is 0.0616. The third-order valence-electron chi connectivity index (χ3n) is 4.43. The van der Waals surface area contributed by atoms with Crippen LogP contribution in [0.4, 0.5) is 5.82 Å². The van der Waals surface area contributed by atoms with Gasteiger partial charge >= 0.3 is 0 Å². The fraction of sp³-hybridized carbons (Fsp3) is 0.263. The highest BCUT2D eigenvalue weighted by molar-refractivity contribution is 5.90. The minimum Gasteiger partial charge on any atom is -0.493 e. The van der Waals surface area contributed by atoms with Gasteiger partial charge in [0.2, 0.25) is 5.91 Å². The lowest BCUT2D eigenvalue weighted by Crippen LogP contribution is -2.21. The number of carbonyl (C=O) groups excluding carboxylic acids is 1. The summed E-state index contributed by atoms with van der Waals surface area (Å²) < 4.78 is 7.24. The van der Waals surface area contributed by atoms with Crippen molar-refractivity contribution in [3.8, 4) is 11.6 Å². The van der Waals surface area contributed by atoms with Crippen molar-refractivity contribution in [2.24, 2.45) is 0 Å². The van der Waals surface area contributed by atoms with Gasteiger partial charge < -0.3 is 10.1 Å². The van der Waals surface area contributed by atoms with E-state index in [0.717, 1.165) is 23.4 Å². The molecule has 0 aliphatic carbocycles. The molecule has 1 aromatic carbocycles. The van der Waals surface area contributed by atoms with E-state index in [1.165, 1.54) is 0 Å². The number of aromatic nitrogens is 4. The number of aryl methyl sites for hydroxylation is 1. The molecule has 4 rings (SSSR count). The molecule has 0 spiro atoms. The predicted molar refractivity (Wildman–Crippen MR) is 96.4 cm³/mol. The van der Waals surface area contributed by atoms with Crippen molar-refractivity contribution in [2.45, 2.75) is 25.7 Å². The Kier molecular flexibility index (Phi) is 4.35. The van der Waals surface area contributed by atoms with Gasteiger partial charge in [-0.2, -0.15) is 14.9 Å². The Balaban J connectivity index is 1.49. The van der Waals surface area contributed by atoms with Crippen molar-refractivity contribution in [3.63, 3.8) is 0 Å². The molecule has 1 unspecified atom stereocenters. The van der Waals surface area contributed by atoms with E-state index in [1.807, 2.05) is 43.3 Å². The van der Waals surface area contributed by atoms with Gasteiger partial charge in [0.05, 0.1) is 18.5 Å². The molecule has 0 saturated heterocycles. The lowest BCUT2D eigenvalue weighted by molar-refractivity contribution is -0.116. The highest BCUT2D eigenvalue weighted by atomic mass is 16.5. The Morgan fingerprint density at radius 1 is 1.23 bits per heavy atom. The van der Waals surface area contributed by atoms with E-state index >= 15 is 0 Å². The summed E-state index contributed by atoms with van der Waals surface area (Å²) in [6, 6.07) is 13.3. The molecule has 1 aliphatic heterocycles. The smallest absolute Gasteiger partial charge is 0.226 e. The second-order valence-electron chi connectivity index (χ2n) is 6.29. The number of hydrogen-bond acceptors (Lipinski definition) is 5. The van der Waals surface area contributed by atoms with Crippen molar-refractivity contribution < 1.29 is 9.53 Å². The highest BCUT2D eigenvalue weighted by Gasteiger charge is 2.24. The van der Waals surface area contributed by atoms with Crippen molar-refractivity contribution in [1.82, 2.24) is 20.0 Å². The number of ether oxygens (including phenoxy) is 1. The molecule has 132 valence electrons. The Bertz CT molecular complexity index is 920. The normalized spacial score (nSPS) is 15.8. The Morgan fingerprint density at radius 2 is 2.12 bits per heavy atom. The van der Waals surface area contributed by atoms with E-state index in [9.17, 15) is 4.79 Å². The van der Waals surface area contributed by atoms with Crippen LogP contribution in [0.3, 0.4) is 0 Å². The van der Waals surface area contributed by atoms with E-state index in [4.69, 9.17) is 4.74 Å². The lowest BCUT2D eigenvalue weighted by atomic mass is 9.90. The van der Waals surface area contributed by atoms with Gasteiger partial charge in [-0.05, 0) is 43.0 Å². The number of carbonyl (C=O) groups is 1. The maximum Gasteiger partial charge on any atom is 0.226 e. The van der Waals surface area contributed by atoms with E-state index < -0.39 is 0 Å². The Morgan fingerprint density at radius 3 is 2.96 bits per heavy atom. The first kappa shape index (κ1) is 16.3. The zero-order chi connectivity index (χ0) is 17.9. The molecule has 3 aromatic rings. The fourth-order valence-electron chi connectivity index (χ4n) is 3.13. The zero-order valence-electron chi connectivity index (χ0n) is 14.4. The van der Waals surface area contributed by atoms with Gasteiger partial charge in [0.1, 0.15) is 11.6 Å². The number of para-hydroxylation sites is 1. The second-order valence-corrected chi connectivity index (χ2v) is 6.29. The third kappa shape index (κ3) is 3.28. The molecule has 0 bridgehead atoms.